The molecule has 1 aromatic rings. The molecule has 0 radical (unpaired) electrons. The smallest absolute Gasteiger partial charge is 0.151 e. The molecule has 2 nitrogen and oxygen atoms in total. The van der Waals surface area contributed by atoms with Crippen molar-refractivity contribution in [3.63, 3.8) is 0 Å². The Morgan fingerprint density at radius 2 is 1.75 bits per heavy atom. The van der Waals surface area contributed by atoms with E-state index in [1.165, 1.54) is 19.3 Å². The van der Waals surface area contributed by atoms with Gasteiger partial charge in [0.05, 0.1) is 6.04 Å². The van der Waals surface area contributed by atoms with E-state index in [2.05, 4.69) is 17.0 Å². The number of rotatable bonds is 3. The Labute approximate surface area is 97.3 Å². The van der Waals surface area contributed by atoms with Crippen LogP contribution >= 0.6 is 0 Å². The van der Waals surface area contributed by atoms with E-state index in [0.29, 0.717) is 0 Å². The minimum Gasteiger partial charge on any atom is -0.298 e. The summed E-state index contributed by atoms with van der Waals surface area (Å²) in [5, 5.41) is 0. The number of Topliss-reactive ketones (excluding diaryl/α,β-unsaturated/α-hetero) is 1. The molecular weight excluding hydrogens is 198 g/mol. The molecule has 0 unspecified atom stereocenters. The predicted molar refractivity (Wildman–Crippen MR) is 65.3 cm³/mol. The molecule has 2 heteroatoms. The first-order chi connectivity index (χ1) is 7.79. The van der Waals surface area contributed by atoms with E-state index < -0.39 is 0 Å². The first-order valence-electron chi connectivity index (χ1n) is 6.08. The predicted octanol–water partition coefficient (Wildman–Crippen LogP) is 2.80. The van der Waals surface area contributed by atoms with Gasteiger partial charge in [-0.2, -0.15) is 0 Å². The van der Waals surface area contributed by atoms with Crippen molar-refractivity contribution in [1.82, 2.24) is 4.90 Å². The van der Waals surface area contributed by atoms with Crippen molar-refractivity contribution in [1.29, 1.82) is 0 Å². The topological polar surface area (TPSA) is 20.3 Å². The lowest BCUT2D eigenvalue weighted by Crippen LogP contribution is -2.37. The average molecular weight is 217 g/mol. The van der Waals surface area contributed by atoms with E-state index in [1.807, 2.05) is 18.2 Å². The molecule has 1 saturated heterocycles. The lowest BCUT2D eigenvalue weighted by molar-refractivity contribution is -0.122. The third-order valence-electron chi connectivity index (χ3n) is 3.26. The fourth-order valence-electron chi connectivity index (χ4n) is 2.51. The van der Waals surface area contributed by atoms with Gasteiger partial charge >= 0.3 is 0 Å². The minimum atomic E-state index is -0.0264. The second-order valence-electron chi connectivity index (χ2n) is 4.52. The summed E-state index contributed by atoms with van der Waals surface area (Å²) in [6.07, 6.45) is 3.74. The molecule has 0 aliphatic carbocycles. The van der Waals surface area contributed by atoms with Crippen LogP contribution in [0.15, 0.2) is 30.3 Å². The quantitative estimate of drug-likeness (QED) is 0.776. The van der Waals surface area contributed by atoms with Crippen LogP contribution < -0.4 is 0 Å². The number of nitrogens with zero attached hydrogens (tertiary/aromatic N) is 1. The van der Waals surface area contributed by atoms with Crippen LogP contribution in [0.2, 0.25) is 0 Å². The largest absolute Gasteiger partial charge is 0.298 e. The molecule has 0 amide bonds. The summed E-state index contributed by atoms with van der Waals surface area (Å²) in [5.74, 6) is 0.258. The molecule has 0 bridgehead atoms. The Kier molecular flexibility index (Phi) is 3.73. The van der Waals surface area contributed by atoms with E-state index in [9.17, 15) is 4.79 Å². The van der Waals surface area contributed by atoms with Gasteiger partial charge in [0, 0.05) is 0 Å². The number of likely N-dealkylation sites (tertiary alicyclic amines) is 1. The average Bonchev–Trinajstić information content (AvgIpc) is 2.31. The van der Waals surface area contributed by atoms with Crippen molar-refractivity contribution in [2.75, 3.05) is 13.1 Å². The Bertz CT molecular complexity index is 341. The van der Waals surface area contributed by atoms with Crippen molar-refractivity contribution >= 4 is 5.78 Å². The van der Waals surface area contributed by atoms with E-state index >= 15 is 0 Å². The summed E-state index contributed by atoms with van der Waals surface area (Å²) in [5.41, 5.74) is 1.14. The molecule has 16 heavy (non-hydrogen) atoms. The second-order valence-corrected chi connectivity index (χ2v) is 4.52. The zero-order valence-corrected chi connectivity index (χ0v) is 9.86. The monoisotopic (exact) mass is 217 g/mol. The van der Waals surface area contributed by atoms with Crippen molar-refractivity contribution in [2.45, 2.75) is 32.2 Å². The Morgan fingerprint density at radius 1 is 1.12 bits per heavy atom. The fourth-order valence-corrected chi connectivity index (χ4v) is 2.51. The zero-order valence-electron chi connectivity index (χ0n) is 9.86. The van der Waals surface area contributed by atoms with Crippen molar-refractivity contribution < 1.29 is 4.79 Å². The summed E-state index contributed by atoms with van der Waals surface area (Å²) in [4.78, 5) is 14.1. The van der Waals surface area contributed by atoms with Crippen LogP contribution in [0.5, 0.6) is 0 Å². The first-order valence-corrected chi connectivity index (χ1v) is 6.08. The summed E-state index contributed by atoms with van der Waals surface area (Å²) in [7, 11) is 0. The highest BCUT2D eigenvalue weighted by Crippen LogP contribution is 2.25. The number of hydrogen-bond acceptors (Lipinski definition) is 2. The normalized spacial score (nSPS) is 19.3. The van der Waals surface area contributed by atoms with Gasteiger partial charge in [-0.1, -0.05) is 36.8 Å². The van der Waals surface area contributed by atoms with Gasteiger partial charge in [-0.3, -0.25) is 9.69 Å². The Balaban J connectivity index is 2.20. The van der Waals surface area contributed by atoms with Crippen molar-refractivity contribution in [3.8, 4) is 0 Å². The summed E-state index contributed by atoms with van der Waals surface area (Å²) in [6, 6.07) is 10.1. The Morgan fingerprint density at radius 3 is 2.31 bits per heavy atom. The van der Waals surface area contributed by atoms with Crippen LogP contribution in [0.1, 0.15) is 37.8 Å². The minimum absolute atomic E-state index is 0.0264. The van der Waals surface area contributed by atoms with Crippen LogP contribution in [0.3, 0.4) is 0 Å². The van der Waals surface area contributed by atoms with Crippen LogP contribution in [0.4, 0.5) is 0 Å². The molecule has 1 aromatic carbocycles. The van der Waals surface area contributed by atoms with Crippen LogP contribution in [-0.4, -0.2) is 23.8 Å². The summed E-state index contributed by atoms with van der Waals surface area (Å²) < 4.78 is 0. The highest BCUT2D eigenvalue weighted by Gasteiger charge is 2.25. The molecule has 1 aliphatic rings. The summed E-state index contributed by atoms with van der Waals surface area (Å²) in [6.45, 7) is 3.81. The molecule has 0 aromatic heterocycles. The SMILES string of the molecule is CC(=O)[C@@H](c1ccccc1)N1CCCCC1. The van der Waals surface area contributed by atoms with Gasteiger partial charge in [0.25, 0.3) is 0 Å². The number of carbonyl (C=O) groups is 1. The van der Waals surface area contributed by atoms with Crippen LogP contribution in [0, 0.1) is 0 Å². The van der Waals surface area contributed by atoms with Crippen molar-refractivity contribution in [2.24, 2.45) is 0 Å². The maximum absolute atomic E-state index is 11.8. The van der Waals surface area contributed by atoms with Gasteiger partial charge in [0.2, 0.25) is 0 Å². The molecule has 0 N–H and O–H groups in total. The molecule has 86 valence electrons. The first kappa shape index (κ1) is 11.3. The molecule has 1 heterocycles. The molecule has 1 fully saturated rings. The lowest BCUT2D eigenvalue weighted by Gasteiger charge is -2.33. The zero-order chi connectivity index (χ0) is 11.4. The van der Waals surface area contributed by atoms with E-state index in [-0.39, 0.29) is 11.8 Å². The van der Waals surface area contributed by atoms with E-state index in [1.54, 1.807) is 6.92 Å². The molecule has 1 atom stereocenters. The van der Waals surface area contributed by atoms with E-state index in [0.717, 1.165) is 18.7 Å². The summed E-state index contributed by atoms with van der Waals surface area (Å²) >= 11 is 0. The van der Waals surface area contributed by atoms with Gasteiger partial charge < -0.3 is 0 Å². The second kappa shape index (κ2) is 5.26. The van der Waals surface area contributed by atoms with E-state index in [4.69, 9.17) is 0 Å². The maximum Gasteiger partial charge on any atom is 0.151 e. The molecular formula is C14H19NO. The van der Waals surface area contributed by atoms with Gasteiger partial charge in [-0.25, -0.2) is 0 Å². The third-order valence-corrected chi connectivity index (χ3v) is 3.26. The Hall–Kier alpha value is -1.15. The number of hydrogen-bond donors (Lipinski definition) is 0. The molecule has 0 spiro atoms. The number of benzene rings is 1. The highest BCUT2D eigenvalue weighted by molar-refractivity contribution is 5.82. The van der Waals surface area contributed by atoms with Gasteiger partial charge in [-0.15, -0.1) is 0 Å². The fraction of sp³-hybridized carbons (Fsp3) is 0.500. The number of ketones is 1. The number of carbonyl (C=O) groups excluding carboxylic acids is 1. The maximum atomic E-state index is 11.8. The standard InChI is InChI=1S/C14H19NO/c1-12(16)14(13-8-4-2-5-9-13)15-10-6-3-7-11-15/h2,4-5,8-9,14H,3,6-7,10-11H2,1H3/t14-/m0/s1. The molecule has 0 saturated carbocycles. The van der Waals surface area contributed by atoms with Gasteiger partial charge in [-0.05, 0) is 38.4 Å². The molecule has 2 rings (SSSR count). The highest BCUT2D eigenvalue weighted by atomic mass is 16.1. The van der Waals surface area contributed by atoms with Crippen molar-refractivity contribution in [3.05, 3.63) is 35.9 Å². The van der Waals surface area contributed by atoms with Crippen LogP contribution in [0.25, 0.3) is 0 Å². The lowest BCUT2D eigenvalue weighted by atomic mass is 9.99. The van der Waals surface area contributed by atoms with Gasteiger partial charge in [0.1, 0.15) is 0 Å². The van der Waals surface area contributed by atoms with Crippen LogP contribution in [-0.2, 0) is 4.79 Å². The number of piperidine rings is 1. The third kappa shape index (κ3) is 2.50. The molecule has 1 aliphatic heterocycles. The van der Waals surface area contributed by atoms with Gasteiger partial charge in [0.15, 0.2) is 5.78 Å².